The van der Waals surface area contributed by atoms with Gasteiger partial charge in [0, 0.05) is 54.4 Å². The molecule has 152 valence electrons. The van der Waals surface area contributed by atoms with Crippen molar-refractivity contribution in [1.82, 2.24) is 9.88 Å². The Balaban J connectivity index is 1.28. The number of amides is 2. The molecule has 3 heterocycles. The molecule has 0 unspecified atom stereocenters. The van der Waals surface area contributed by atoms with Gasteiger partial charge in [-0.1, -0.05) is 24.3 Å². The zero-order valence-corrected chi connectivity index (χ0v) is 16.5. The molecule has 1 saturated heterocycles. The maximum absolute atomic E-state index is 13.2. The first kappa shape index (κ1) is 18.6. The second-order valence-corrected chi connectivity index (χ2v) is 7.89. The minimum atomic E-state index is -0.356. The van der Waals surface area contributed by atoms with E-state index in [9.17, 15) is 14.0 Å². The number of rotatable bonds is 3. The number of aromatic nitrogens is 1. The summed E-state index contributed by atoms with van der Waals surface area (Å²) in [6, 6.07) is 14.0. The number of H-pyrrole nitrogens is 1. The van der Waals surface area contributed by atoms with Crippen molar-refractivity contribution in [2.24, 2.45) is 5.92 Å². The van der Waals surface area contributed by atoms with Crippen molar-refractivity contribution in [2.45, 2.75) is 12.8 Å². The highest BCUT2D eigenvalue weighted by atomic mass is 19.1. The van der Waals surface area contributed by atoms with Crippen LogP contribution in [0.1, 0.15) is 18.4 Å². The number of fused-ring (bicyclic) bond motifs is 1. The fourth-order valence-electron chi connectivity index (χ4n) is 4.45. The average molecular weight is 403 g/mol. The number of halogens is 1. The number of hydrogen-bond acceptors (Lipinski definition) is 2. The third-order valence-corrected chi connectivity index (χ3v) is 6.07. The van der Waals surface area contributed by atoms with E-state index in [0.717, 1.165) is 11.9 Å². The van der Waals surface area contributed by atoms with E-state index < -0.39 is 0 Å². The summed E-state index contributed by atoms with van der Waals surface area (Å²) in [4.78, 5) is 32.2. The van der Waals surface area contributed by atoms with Crippen molar-refractivity contribution in [3.63, 3.8) is 0 Å². The molecule has 5 nitrogen and oxygen atoms in total. The van der Waals surface area contributed by atoms with Crippen molar-refractivity contribution in [1.29, 1.82) is 0 Å². The monoisotopic (exact) mass is 403 g/mol. The maximum Gasteiger partial charge on any atom is 0.228 e. The molecule has 2 aromatic carbocycles. The van der Waals surface area contributed by atoms with Gasteiger partial charge in [-0.15, -0.1) is 0 Å². The van der Waals surface area contributed by atoms with E-state index in [-0.39, 0.29) is 30.0 Å². The molecule has 1 fully saturated rings. The van der Waals surface area contributed by atoms with Crippen LogP contribution in [0.2, 0.25) is 0 Å². The largest absolute Gasteiger partial charge is 0.361 e. The molecule has 2 aliphatic rings. The third kappa shape index (κ3) is 3.28. The Hall–Kier alpha value is -3.41. The minimum Gasteiger partial charge on any atom is -0.361 e. The summed E-state index contributed by atoms with van der Waals surface area (Å²) in [5.74, 6) is -0.774. The van der Waals surface area contributed by atoms with Gasteiger partial charge < -0.3 is 14.8 Å². The number of carbonyl (C=O) groups is 2. The van der Waals surface area contributed by atoms with Gasteiger partial charge in [0.25, 0.3) is 0 Å². The molecule has 2 amide bonds. The summed E-state index contributed by atoms with van der Waals surface area (Å²) in [6.45, 7) is 1.54. The molecule has 0 radical (unpaired) electrons. The Morgan fingerprint density at radius 2 is 1.90 bits per heavy atom. The fourth-order valence-corrected chi connectivity index (χ4v) is 4.45. The van der Waals surface area contributed by atoms with Gasteiger partial charge in [0.2, 0.25) is 11.8 Å². The van der Waals surface area contributed by atoms with Gasteiger partial charge in [0.15, 0.2) is 0 Å². The molecule has 0 saturated carbocycles. The van der Waals surface area contributed by atoms with E-state index >= 15 is 0 Å². The zero-order chi connectivity index (χ0) is 20.7. The molecule has 1 atom stereocenters. The van der Waals surface area contributed by atoms with E-state index in [1.54, 1.807) is 17.0 Å². The molecule has 0 bridgehead atoms. The van der Waals surface area contributed by atoms with Gasteiger partial charge in [-0.3, -0.25) is 9.59 Å². The third-order valence-electron chi connectivity index (χ3n) is 6.07. The lowest BCUT2D eigenvalue weighted by atomic mass is 9.98. The van der Waals surface area contributed by atoms with E-state index in [4.69, 9.17) is 0 Å². The highest BCUT2D eigenvalue weighted by Crippen LogP contribution is 2.31. The van der Waals surface area contributed by atoms with Crippen LogP contribution in [0, 0.1) is 11.7 Å². The molecule has 2 aliphatic heterocycles. The zero-order valence-electron chi connectivity index (χ0n) is 16.5. The molecule has 1 N–H and O–H groups in total. The van der Waals surface area contributed by atoms with Crippen molar-refractivity contribution < 1.29 is 14.0 Å². The lowest BCUT2D eigenvalue weighted by Gasteiger charge is -2.28. The number of carbonyl (C=O) groups excluding carboxylic acids is 2. The van der Waals surface area contributed by atoms with Crippen LogP contribution in [-0.2, 0) is 9.59 Å². The molecular formula is C24H22FN3O2. The SMILES string of the molecule is O=C([C@H]1CC(=O)N(c2ccc(F)cc2)C1)N1CC=C(c2c[nH]c3ccccc23)CC1. The van der Waals surface area contributed by atoms with E-state index in [2.05, 4.69) is 23.2 Å². The number of hydrogen-bond donors (Lipinski definition) is 1. The number of aromatic amines is 1. The van der Waals surface area contributed by atoms with Crippen molar-refractivity contribution in [3.05, 3.63) is 72.2 Å². The summed E-state index contributed by atoms with van der Waals surface area (Å²) < 4.78 is 13.2. The Morgan fingerprint density at radius 1 is 1.10 bits per heavy atom. The molecule has 0 aliphatic carbocycles. The Kier molecular flexibility index (Phi) is 4.62. The van der Waals surface area contributed by atoms with Gasteiger partial charge in [0.05, 0.1) is 5.92 Å². The molecule has 5 rings (SSSR count). The lowest BCUT2D eigenvalue weighted by molar-refractivity contribution is -0.135. The second-order valence-electron chi connectivity index (χ2n) is 7.89. The van der Waals surface area contributed by atoms with Gasteiger partial charge in [0.1, 0.15) is 5.82 Å². The predicted octanol–water partition coefficient (Wildman–Crippen LogP) is 3.98. The Labute approximate surface area is 173 Å². The van der Waals surface area contributed by atoms with Crippen LogP contribution >= 0.6 is 0 Å². The number of nitrogens with zero attached hydrogens (tertiary/aromatic N) is 2. The van der Waals surface area contributed by atoms with Crippen LogP contribution in [0.5, 0.6) is 0 Å². The molecule has 30 heavy (non-hydrogen) atoms. The van der Waals surface area contributed by atoms with Crippen molar-refractivity contribution >= 4 is 34.0 Å². The highest BCUT2D eigenvalue weighted by molar-refractivity contribution is 6.00. The number of nitrogens with one attached hydrogen (secondary N) is 1. The molecule has 3 aromatic rings. The predicted molar refractivity (Wildman–Crippen MR) is 114 cm³/mol. The number of anilines is 1. The summed E-state index contributed by atoms with van der Waals surface area (Å²) in [5, 5.41) is 1.19. The van der Waals surface area contributed by atoms with Crippen molar-refractivity contribution in [3.8, 4) is 0 Å². The highest BCUT2D eigenvalue weighted by Gasteiger charge is 2.37. The summed E-state index contributed by atoms with van der Waals surface area (Å²) in [6.07, 6.45) is 5.14. The fraction of sp³-hybridized carbons (Fsp3) is 0.250. The van der Waals surface area contributed by atoms with E-state index in [0.29, 0.717) is 25.3 Å². The normalized spacial score (nSPS) is 19.4. The van der Waals surface area contributed by atoms with Crippen LogP contribution < -0.4 is 4.90 Å². The smallest absolute Gasteiger partial charge is 0.228 e. The average Bonchev–Trinajstić information content (AvgIpc) is 3.38. The lowest BCUT2D eigenvalue weighted by Crippen LogP contribution is -2.39. The van der Waals surface area contributed by atoms with E-state index in [1.807, 2.05) is 23.2 Å². The molecule has 0 spiro atoms. The standard InChI is InChI=1S/C24H22FN3O2/c25-18-5-7-19(8-6-18)28-15-17(13-23(28)29)24(30)27-11-9-16(10-12-27)21-14-26-22-4-2-1-3-20(21)22/h1-9,14,17,26H,10-13,15H2/t17-/m0/s1. The summed E-state index contributed by atoms with van der Waals surface area (Å²) in [5.41, 5.74) is 4.18. The van der Waals surface area contributed by atoms with Crippen molar-refractivity contribution in [2.75, 3.05) is 24.5 Å². The van der Waals surface area contributed by atoms with E-state index in [1.165, 1.54) is 28.7 Å². The van der Waals surface area contributed by atoms with Gasteiger partial charge >= 0.3 is 0 Å². The van der Waals surface area contributed by atoms with Crippen LogP contribution in [0.4, 0.5) is 10.1 Å². The minimum absolute atomic E-state index is 0.0159. The van der Waals surface area contributed by atoms with Gasteiger partial charge in [-0.25, -0.2) is 4.39 Å². The van der Waals surface area contributed by atoms with Gasteiger partial charge in [-0.05, 0) is 42.3 Å². The second kappa shape index (κ2) is 7.44. The maximum atomic E-state index is 13.2. The molecular weight excluding hydrogens is 381 g/mol. The quantitative estimate of drug-likeness (QED) is 0.719. The first-order chi connectivity index (χ1) is 14.6. The van der Waals surface area contributed by atoms with Gasteiger partial charge in [-0.2, -0.15) is 0 Å². The summed E-state index contributed by atoms with van der Waals surface area (Å²) in [7, 11) is 0. The molecule has 1 aromatic heterocycles. The van der Waals surface area contributed by atoms with Crippen LogP contribution in [-0.4, -0.2) is 41.3 Å². The Bertz CT molecular complexity index is 1150. The van der Waals surface area contributed by atoms with Crippen LogP contribution in [0.15, 0.2) is 60.8 Å². The Morgan fingerprint density at radius 3 is 2.67 bits per heavy atom. The molecule has 6 heteroatoms. The van der Waals surface area contributed by atoms with Crippen LogP contribution in [0.3, 0.4) is 0 Å². The first-order valence-corrected chi connectivity index (χ1v) is 10.2. The van der Waals surface area contributed by atoms with Crippen LogP contribution in [0.25, 0.3) is 16.5 Å². The topological polar surface area (TPSA) is 56.4 Å². The first-order valence-electron chi connectivity index (χ1n) is 10.2. The number of para-hydroxylation sites is 1. The summed E-state index contributed by atoms with van der Waals surface area (Å²) >= 11 is 0. The number of benzene rings is 2.